The molecule has 0 radical (unpaired) electrons. The second-order valence-electron chi connectivity index (χ2n) is 8.88. The number of amides is 1. The van der Waals surface area contributed by atoms with Crippen LogP contribution < -0.4 is 5.32 Å². The van der Waals surface area contributed by atoms with Gasteiger partial charge in [0.15, 0.2) is 0 Å². The van der Waals surface area contributed by atoms with Gasteiger partial charge in [0.2, 0.25) is 0 Å². The van der Waals surface area contributed by atoms with E-state index in [0.717, 1.165) is 4.88 Å². The SMILES string of the molecule is O=C(NC1C2CCN(CC2)C12CC2)c1cc2cccc(C3CCC3)c2s1. The number of thiophene rings is 1. The summed E-state index contributed by atoms with van der Waals surface area (Å²) in [5.41, 5.74) is 1.78. The molecule has 3 nitrogen and oxygen atoms in total. The van der Waals surface area contributed by atoms with Crippen LogP contribution in [0, 0.1) is 5.92 Å². The molecule has 2 bridgehead atoms. The van der Waals surface area contributed by atoms with E-state index in [0.29, 0.717) is 23.4 Å². The van der Waals surface area contributed by atoms with Gasteiger partial charge >= 0.3 is 0 Å². The molecule has 7 rings (SSSR count). The van der Waals surface area contributed by atoms with E-state index in [1.165, 1.54) is 73.7 Å². The first kappa shape index (κ1) is 15.6. The Morgan fingerprint density at radius 1 is 1.15 bits per heavy atom. The van der Waals surface area contributed by atoms with Gasteiger partial charge in [-0.25, -0.2) is 0 Å². The number of nitrogens with one attached hydrogen (secondary N) is 1. The smallest absolute Gasteiger partial charge is 0.261 e. The molecule has 2 saturated carbocycles. The van der Waals surface area contributed by atoms with Crippen LogP contribution in [0.4, 0.5) is 0 Å². The maximum Gasteiger partial charge on any atom is 0.261 e. The van der Waals surface area contributed by atoms with E-state index < -0.39 is 0 Å². The first-order valence-corrected chi connectivity index (χ1v) is 11.1. The van der Waals surface area contributed by atoms with Crippen LogP contribution >= 0.6 is 11.3 Å². The second kappa shape index (κ2) is 5.56. The molecule has 1 atom stereocenters. The van der Waals surface area contributed by atoms with E-state index in [-0.39, 0.29) is 5.91 Å². The highest BCUT2D eigenvalue weighted by atomic mass is 32.1. The van der Waals surface area contributed by atoms with E-state index in [9.17, 15) is 4.79 Å². The minimum atomic E-state index is 0.163. The normalized spacial score (nSPS) is 31.9. The van der Waals surface area contributed by atoms with Crippen LogP contribution in [0.2, 0.25) is 0 Å². The van der Waals surface area contributed by atoms with E-state index in [4.69, 9.17) is 0 Å². The number of fused-ring (bicyclic) bond motifs is 3. The van der Waals surface area contributed by atoms with Crippen molar-refractivity contribution in [1.82, 2.24) is 10.2 Å². The number of carbonyl (C=O) groups excluding carboxylic acids is 1. The summed E-state index contributed by atoms with van der Waals surface area (Å²) < 4.78 is 1.34. The van der Waals surface area contributed by atoms with Crippen molar-refractivity contribution < 1.29 is 4.79 Å². The van der Waals surface area contributed by atoms with Gasteiger partial charge in [-0.1, -0.05) is 24.6 Å². The Morgan fingerprint density at radius 2 is 1.96 bits per heavy atom. The number of hydrogen-bond acceptors (Lipinski definition) is 3. The molecule has 1 spiro atoms. The molecular formula is C22H26N2OS. The molecule has 5 aliphatic rings. The monoisotopic (exact) mass is 366 g/mol. The first-order valence-electron chi connectivity index (χ1n) is 10.3. The Balaban J connectivity index is 1.29. The van der Waals surface area contributed by atoms with Gasteiger partial charge in [-0.3, -0.25) is 9.69 Å². The predicted octanol–water partition coefficient (Wildman–Crippen LogP) is 4.53. The fraction of sp³-hybridized carbons (Fsp3) is 0.591. The Hall–Kier alpha value is -1.39. The van der Waals surface area contributed by atoms with Gasteiger partial charge < -0.3 is 5.32 Å². The minimum absolute atomic E-state index is 0.163. The molecule has 136 valence electrons. The molecule has 4 heterocycles. The van der Waals surface area contributed by atoms with Crippen molar-refractivity contribution in [2.45, 2.75) is 62.4 Å². The average Bonchev–Trinajstić information content (AvgIpc) is 3.26. The van der Waals surface area contributed by atoms with E-state index in [1.807, 2.05) is 0 Å². The van der Waals surface area contributed by atoms with Crippen LogP contribution in [0.5, 0.6) is 0 Å². The average molecular weight is 367 g/mol. The van der Waals surface area contributed by atoms with Gasteiger partial charge in [0.05, 0.1) is 10.9 Å². The van der Waals surface area contributed by atoms with Gasteiger partial charge in [-0.15, -0.1) is 11.3 Å². The van der Waals surface area contributed by atoms with Crippen molar-refractivity contribution in [2.24, 2.45) is 5.92 Å². The highest BCUT2D eigenvalue weighted by molar-refractivity contribution is 7.21. The standard InChI is InChI=1S/C22H26N2OS/c25-21(23-20-15-7-11-24(12-8-15)22(20)9-10-22)18-13-16-5-2-6-17(19(16)26-18)14-3-1-4-14/h2,5-6,13-15,20H,1,3-4,7-12H2,(H,23,25). The minimum Gasteiger partial charge on any atom is -0.346 e. The number of nitrogens with zero attached hydrogens (tertiary/aromatic N) is 1. The Bertz CT molecular complexity index is 871. The van der Waals surface area contributed by atoms with Crippen molar-refractivity contribution in [3.8, 4) is 0 Å². The zero-order valence-electron chi connectivity index (χ0n) is 15.2. The molecule has 1 unspecified atom stereocenters. The summed E-state index contributed by atoms with van der Waals surface area (Å²) in [6, 6.07) is 9.10. The molecule has 3 aliphatic heterocycles. The molecular weight excluding hydrogens is 340 g/mol. The predicted molar refractivity (Wildman–Crippen MR) is 106 cm³/mol. The molecule has 4 heteroatoms. The van der Waals surface area contributed by atoms with Gasteiger partial charge in [-0.05, 0) is 80.5 Å². The quantitative estimate of drug-likeness (QED) is 0.866. The zero-order chi connectivity index (χ0) is 17.3. The van der Waals surface area contributed by atoms with Crippen LogP contribution in [0.1, 0.15) is 66.1 Å². The number of carbonyl (C=O) groups is 1. The van der Waals surface area contributed by atoms with Crippen LogP contribution in [-0.2, 0) is 0 Å². The van der Waals surface area contributed by atoms with Gasteiger partial charge in [-0.2, -0.15) is 0 Å². The molecule has 1 aromatic heterocycles. The molecule has 5 fully saturated rings. The summed E-state index contributed by atoms with van der Waals surface area (Å²) in [5.74, 6) is 1.56. The lowest BCUT2D eigenvalue weighted by atomic mass is 9.77. The van der Waals surface area contributed by atoms with Crippen LogP contribution in [0.25, 0.3) is 10.1 Å². The molecule has 1 amide bonds. The van der Waals surface area contributed by atoms with Crippen molar-refractivity contribution >= 4 is 27.3 Å². The largest absolute Gasteiger partial charge is 0.346 e. The molecule has 26 heavy (non-hydrogen) atoms. The third-order valence-electron chi connectivity index (χ3n) is 7.61. The second-order valence-corrected chi connectivity index (χ2v) is 9.94. The maximum absolute atomic E-state index is 13.1. The van der Waals surface area contributed by atoms with Crippen molar-refractivity contribution in [1.29, 1.82) is 0 Å². The highest BCUT2D eigenvalue weighted by Crippen LogP contribution is 2.53. The summed E-state index contributed by atoms with van der Waals surface area (Å²) in [5, 5.41) is 4.74. The highest BCUT2D eigenvalue weighted by Gasteiger charge is 2.60. The van der Waals surface area contributed by atoms with Crippen LogP contribution in [-0.4, -0.2) is 35.5 Å². The lowest BCUT2D eigenvalue weighted by Crippen LogP contribution is -2.65. The third-order valence-corrected chi connectivity index (χ3v) is 8.81. The summed E-state index contributed by atoms with van der Waals surface area (Å²) in [6.45, 7) is 2.48. The van der Waals surface area contributed by atoms with E-state index in [2.05, 4.69) is 34.5 Å². The zero-order valence-corrected chi connectivity index (χ0v) is 16.0. The molecule has 2 aromatic rings. The fourth-order valence-corrected chi connectivity index (χ4v) is 6.93. The van der Waals surface area contributed by atoms with Crippen molar-refractivity contribution in [2.75, 3.05) is 13.1 Å². The Kier molecular flexibility index (Phi) is 3.34. The van der Waals surface area contributed by atoms with Crippen LogP contribution in [0.3, 0.4) is 0 Å². The topological polar surface area (TPSA) is 32.3 Å². The maximum atomic E-state index is 13.1. The number of piperidine rings is 3. The Labute approximate surface area is 158 Å². The van der Waals surface area contributed by atoms with E-state index >= 15 is 0 Å². The van der Waals surface area contributed by atoms with Gasteiger partial charge in [0.1, 0.15) is 0 Å². The van der Waals surface area contributed by atoms with Crippen molar-refractivity contribution in [3.63, 3.8) is 0 Å². The third kappa shape index (κ3) is 2.18. The lowest BCUT2D eigenvalue weighted by Gasteiger charge is -2.52. The summed E-state index contributed by atoms with van der Waals surface area (Å²) in [6.07, 6.45) is 9.01. The number of benzene rings is 1. The van der Waals surface area contributed by atoms with Crippen molar-refractivity contribution in [3.05, 3.63) is 34.7 Å². The van der Waals surface area contributed by atoms with E-state index in [1.54, 1.807) is 11.3 Å². The summed E-state index contributed by atoms with van der Waals surface area (Å²) in [7, 11) is 0. The van der Waals surface area contributed by atoms with Gasteiger partial charge in [0, 0.05) is 10.2 Å². The Morgan fingerprint density at radius 3 is 2.65 bits per heavy atom. The lowest BCUT2D eigenvalue weighted by molar-refractivity contribution is -0.00138. The number of rotatable bonds is 3. The fourth-order valence-electron chi connectivity index (χ4n) is 5.77. The van der Waals surface area contributed by atoms with Gasteiger partial charge in [0.25, 0.3) is 5.91 Å². The van der Waals surface area contributed by atoms with Crippen LogP contribution in [0.15, 0.2) is 24.3 Å². The molecule has 3 saturated heterocycles. The molecule has 1 aromatic carbocycles. The first-order chi connectivity index (χ1) is 12.7. The summed E-state index contributed by atoms with van der Waals surface area (Å²) in [4.78, 5) is 16.7. The number of hydrogen-bond donors (Lipinski definition) is 1. The summed E-state index contributed by atoms with van der Waals surface area (Å²) >= 11 is 1.71. The molecule has 2 aliphatic carbocycles. The molecule has 1 N–H and O–H groups in total.